The average molecular weight is 312 g/mol. The fraction of sp³-hybridized carbons (Fsp3) is 0.700. The molecule has 23 heavy (non-hydrogen) atoms. The molecule has 0 spiro atoms. The summed E-state index contributed by atoms with van der Waals surface area (Å²) < 4.78 is 0. The smallest absolute Gasteiger partial charge is 0.0657 e. The lowest BCUT2D eigenvalue weighted by Crippen LogP contribution is -2.56. The molecule has 2 N–H and O–H groups in total. The molecule has 126 valence electrons. The first-order valence-corrected chi connectivity index (χ1v) is 9.15. The van der Waals surface area contributed by atoms with Crippen LogP contribution in [0.3, 0.4) is 0 Å². The minimum atomic E-state index is -0.0317. The summed E-state index contributed by atoms with van der Waals surface area (Å²) in [4.78, 5) is 2.52. The van der Waals surface area contributed by atoms with Crippen LogP contribution in [0.4, 0.5) is 0 Å². The van der Waals surface area contributed by atoms with Crippen LogP contribution in [0.15, 0.2) is 12.1 Å². The molecule has 0 bridgehead atoms. The SMILES string of the molecule is [B]CCc1ccc(CC2CN(CC(C)(N)CCC)C2)c(C)c1C. The van der Waals surface area contributed by atoms with Crippen molar-refractivity contribution >= 4 is 7.85 Å². The first-order chi connectivity index (χ1) is 10.9. The monoisotopic (exact) mass is 312 g/mol. The number of hydrogen-bond donors (Lipinski definition) is 1. The molecular formula is C20H33BN2. The van der Waals surface area contributed by atoms with Crippen LogP contribution in [0.5, 0.6) is 0 Å². The highest BCUT2D eigenvalue weighted by Gasteiger charge is 2.31. The van der Waals surface area contributed by atoms with E-state index in [2.05, 4.69) is 44.7 Å². The molecule has 1 aromatic rings. The Kier molecular flexibility index (Phi) is 6.33. The van der Waals surface area contributed by atoms with Crippen molar-refractivity contribution in [3.63, 3.8) is 0 Å². The van der Waals surface area contributed by atoms with Gasteiger partial charge in [0.1, 0.15) is 0 Å². The Hall–Kier alpha value is -0.795. The molecule has 2 radical (unpaired) electrons. The highest BCUT2D eigenvalue weighted by molar-refractivity contribution is 6.08. The summed E-state index contributed by atoms with van der Waals surface area (Å²) in [6.07, 6.45) is 5.18. The van der Waals surface area contributed by atoms with Gasteiger partial charge in [-0.25, -0.2) is 0 Å². The van der Waals surface area contributed by atoms with Gasteiger partial charge in [-0.2, -0.15) is 0 Å². The van der Waals surface area contributed by atoms with Crippen LogP contribution >= 0.6 is 0 Å². The summed E-state index contributed by atoms with van der Waals surface area (Å²) in [6.45, 7) is 12.3. The van der Waals surface area contributed by atoms with E-state index in [1.54, 1.807) is 0 Å². The van der Waals surface area contributed by atoms with Gasteiger partial charge in [0.2, 0.25) is 0 Å². The largest absolute Gasteiger partial charge is 0.324 e. The van der Waals surface area contributed by atoms with E-state index in [9.17, 15) is 0 Å². The zero-order valence-corrected chi connectivity index (χ0v) is 15.5. The van der Waals surface area contributed by atoms with Crippen molar-refractivity contribution in [2.45, 2.75) is 65.2 Å². The Morgan fingerprint density at radius 3 is 2.43 bits per heavy atom. The van der Waals surface area contributed by atoms with E-state index in [1.165, 1.54) is 41.8 Å². The number of benzene rings is 1. The predicted octanol–water partition coefficient (Wildman–Crippen LogP) is 3.42. The van der Waals surface area contributed by atoms with Crippen LogP contribution < -0.4 is 5.73 Å². The Bertz CT molecular complexity index is 519. The standard InChI is InChI=1S/C20H33BN2/c1-5-9-20(4,22)14-23-12-17(13-23)11-19-7-6-18(8-10-21)15(2)16(19)3/h6-7,17H,5,8-14,22H2,1-4H3. The van der Waals surface area contributed by atoms with Gasteiger partial charge in [-0.3, -0.25) is 0 Å². The maximum Gasteiger partial charge on any atom is 0.0657 e. The lowest BCUT2D eigenvalue weighted by Gasteiger charge is -2.43. The van der Waals surface area contributed by atoms with Crippen molar-refractivity contribution in [2.75, 3.05) is 19.6 Å². The topological polar surface area (TPSA) is 29.3 Å². The van der Waals surface area contributed by atoms with Crippen LogP contribution in [0.1, 0.15) is 48.9 Å². The normalized spacial score (nSPS) is 18.7. The summed E-state index contributed by atoms with van der Waals surface area (Å²) in [7, 11) is 5.70. The number of aryl methyl sites for hydroxylation is 1. The predicted molar refractivity (Wildman–Crippen MR) is 101 cm³/mol. The molecule has 0 aromatic heterocycles. The minimum absolute atomic E-state index is 0.0317. The van der Waals surface area contributed by atoms with Crippen LogP contribution in [-0.2, 0) is 12.8 Å². The van der Waals surface area contributed by atoms with Crippen molar-refractivity contribution in [1.29, 1.82) is 0 Å². The van der Waals surface area contributed by atoms with E-state index < -0.39 is 0 Å². The Labute approximate surface area is 144 Å². The quantitative estimate of drug-likeness (QED) is 0.745. The summed E-state index contributed by atoms with van der Waals surface area (Å²) in [5.74, 6) is 0.783. The van der Waals surface area contributed by atoms with Gasteiger partial charge in [-0.15, -0.1) is 0 Å². The molecule has 2 rings (SSSR count). The third kappa shape index (κ3) is 4.84. The second-order valence-electron chi connectivity index (χ2n) is 7.84. The lowest BCUT2D eigenvalue weighted by atomic mass is 9.85. The molecule has 1 fully saturated rings. The molecular weight excluding hydrogens is 279 g/mol. The molecule has 3 heteroatoms. The highest BCUT2D eigenvalue weighted by atomic mass is 15.2. The summed E-state index contributed by atoms with van der Waals surface area (Å²) in [5, 5.41) is 0. The first-order valence-electron chi connectivity index (χ1n) is 9.15. The number of rotatable bonds is 8. The fourth-order valence-electron chi connectivity index (χ4n) is 3.99. The third-order valence-corrected chi connectivity index (χ3v) is 5.37. The van der Waals surface area contributed by atoms with Crippen molar-refractivity contribution in [2.24, 2.45) is 11.7 Å². The van der Waals surface area contributed by atoms with Gasteiger partial charge in [-0.05, 0) is 68.2 Å². The Morgan fingerprint density at radius 1 is 1.22 bits per heavy atom. The Balaban J connectivity index is 1.87. The molecule has 0 aliphatic carbocycles. The lowest BCUT2D eigenvalue weighted by molar-refractivity contribution is 0.0744. The van der Waals surface area contributed by atoms with Gasteiger partial charge in [-0.1, -0.05) is 31.8 Å². The molecule has 1 aliphatic rings. The van der Waals surface area contributed by atoms with E-state index in [-0.39, 0.29) is 5.54 Å². The summed E-state index contributed by atoms with van der Waals surface area (Å²) in [5.41, 5.74) is 12.2. The van der Waals surface area contributed by atoms with E-state index in [0.717, 1.165) is 38.0 Å². The third-order valence-electron chi connectivity index (χ3n) is 5.37. The van der Waals surface area contributed by atoms with E-state index in [1.807, 2.05) is 0 Å². The Morgan fingerprint density at radius 2 is 1.83 bits per heavy atom. The second kappa shape index (κ2) is 7.85. The van der Waals surface area contributed by atoms with E-state index in [0.29, 0.717) is 0 Å². The summed E-state index contributed by atoms with van der Waals surface area (Å²) in [6, 6.07) is 4.60. The molecule has 1 aliphatic heterocycles. The number of nitrogens with zero attached hydrogens (tertiary/aromatic N) is 1. The van der Waals surface area contributed by atoms with Gasteiger partial charge in [0.25, 0.3) is 0 Å². The number of nitrogens with two attached hydrogens (primary N) is 1. The van der Waals surface area contributed by atoms with Gasteiger partial charge < -0.3 is 10.6 Å². The maximum atomic E-state index is 6.37. The molecule has 1 unspecified atom stereocenters. The number of likely N-dealkylation sites (tertiary alicyclic amines) is 1. The van der Waals surface area contributed by atoms with Crippen molar-refractivity contribution in [3.8, 4) is 0 Å². The zero-order valence-electron chi connectivity index (χ0n) is 15.5. The zero-order chi connectivity index (χ0) is 17.0. The van der Waals surface area contributed by atoms with Gasteiger partial charge in [0.15, 0.2) is 0 Å². The first kappa shape index (κ1) is 18.5. The molecule has 1 saturated heterocycles. The average Bonchev–Trinajstić information content (AvgIpc) is 2.44. The molecule has 1 atom stereocenters. The molecule has 0 amide bonds. The second-order valence-corrected chi connectivity index (χ2v) is 7.84. The van der Waals surface area contributed by atoms with Crippen molar-refractivity contribution in [3.05, 3.63) is 34.4 Å². The van der Waals surface area contributed by atoms with Crippen LogP contribution in [0.25, 0.3) is 0 Å². The fourth-order valence-corrected chi connectivity index (χ4v) is 3.99. The molecule has 0 saturated carbocycles. The van der Waals surface area contributed by atoms with E-state index >= 15 is 0 Å². The van der Waals surface area contributed by atoms with Crippen LogP contribution in [0, 0.1) is 19.8 Å². The van der Waals surface area contributed by atoms with Gasteiger partial charge in [0, 0.05) is 25.2 Å². The van der Waals surface area contributed by atoms with E-state index in [4.69, 9.17) is 13.6 Å². The van der Waals surface area contributed by atoms with Crippen LogP contribution in [-0.4, -0.2) is 37.9 Å². The maximum absolute atomic E-state index is 6.37. The molecule has 1 heterocycles. The molecule has 1 aromatic carbocycles. The van der Waals surface area contributed by atoms with Crippen molar-refractivity contribution < 1.29 is 0 Å². The summed E-state index contributed by atoms with van der Waals surface area (Å²) >= 11 is 0. The number of hydrogen-bond acceptors (Lipinski definition) is 2. The van der Waals surface area contributed by atoms with Crippen molar-refractivity contribution in [1.82, 2.24) is 4.90 Å². The van der Waals surface area contributed by atoms with Gasteiger partial charge in [0.05, 0.1) is 7.85 Å². The highest BCUT2D eigenvalue weighted by Crippen LogP contribution is 2.27. The molecule has 2 nitrogen and oxygen atoms in total. The minimum Gasteiger partial charge on any atom is -0.324 e. The van der Waals surface area contributed by atoms with Crippen LogP contribution in [0.2, 0.25) is 6.32 Å². The van der Waals surface area contributed by atoms with Gasteiger partial charge >= 0.3 is 0 Å².